The average Bonchev–Trinajstić information content (AvgIpc) is 3.34. The summed E-state index contributed by atoms with van der Waals surface area (Å²) in [6.45, 7) is 2.38. The number of aliphatic hydroxyl groups is 1. The van der Waals surface area contributed by atoms with E-state index in [1.165, 1.54) is 4.88 Å². The van der Waals surface area contributed by atoms with Crippen LogP contribution in [0.4, 0.5) is 8.78 Å². The minimum absolute atomic E-state index is 0.112. The van der Waals surface area contributed by atoms with Gasteiger partial charge in [-0.2, -0.15) is 0 Å². The lowest BCUT2D eigenvalue weighted by Crippen LogP contribution is -2.53. The summed E-state index contributed by atoms with van der Waals surface area (Å²) < 4.78 is 26.8. The summed E-state index contributed by atoms with van der Waals surface area (Å²) in [7, 11) is 0. The first-order valence-corrected chi connectivity index (χ1v) is 12.8. The molecule has 1 aromatic heterocycles. The number of fused-ring (bicyclic) bond motifs is 5. The first kappa shape index (κ1) is 21.1. The summed E-state index contributed by atoms with van der Waals surface area (Å²) in [6.07, 6.45) is 5.70. The molecule has 0 amide bonds. The molecule has 8 atom stereocenters. The van der Waals surface area contributed by atoms with Crippen LogP contribution in [0.2, 0.25) is 0 Å². The van der Waals surface area contributed by atoms with E-state index in [1.54, 1.807) is 11.3 Å². The molecule has 4 fully saturated rings. The molecule has 0 aliphatic heterocycles. The number of rotatable bonds is 4. The van der Waals surface area contributed by atoms with Crippen molar-refractivity contribution in [2.75, 3.05) is 0 Å². The van der Waals surface area contributed by atoms with Gasteiger partial charge in [-0.15, -0.1) is 11.3 Å². The third-order valence-electron chi connectivity index (χ3n) is 9.77. The fourth-order valence-corrected chi connectivity index (χ4v) is 9.06. The second kappa shape index (κ2) is 7.65. The predicted octanol–water partition coefficient (Wildman–Crippen LogP) is 6.12. The molecule has 1 aromatic rings. The molecule has 0 radical (unpaired) electrons. The molecule has 1 N–H and O–H groups in total. The highest BCUT2D eigenvalue weighted by Crippen LogP contribution is 2.65. The molecule has 0 aromatic carbocycles. The van der Waals surface area contributed by atoms with E-state index in [-0.39, 0.29) is 30.1 Å². The molecule has 0 saturated heterocycles. The van der Waals surface area contributed by atoms with Crippen molar-refractivity contribution in [3.63, 3.8) is 0 Å². The number of hydrogen-bond donors (Lipinski definition) is 1. The van der Waals surface area contributed by atoms with Gasteiger partial charge in [-0.3, -0.25) is 4.79 Å². The Morgan fingerprint density at radius 1 is 1.13 bits per heavy atom. The zero-order chi connectivity index (χ0) is 21.1. The third kappa shape index (κ3) is 3.30. The van der Waals surface area contributed by atoms with Crippen LogP contribution >= 0.6 is 11.3 Å². The van der Waals surface area contributed by atoms with Gasteiger partial charge in [0.1, 0.15) is 11.4 Å². The number of ketones is 1. The van der Waals surface area contributed by atoms with E-state index in [0.29, 0.717) is 35.9 Å². The van der Waals surface area contributed by atoms with Gasteiger partial charge in [0.15, 0.2) is 0 Å². The molecule has 1 heterocycles. The van der Waals surface area contributed by atoms with Crippen LogP contribution in [0.5, 0.6) is 0 Å². The molecule has 0 unspecified atom stereocenters. The molecule has 4 aliphatic carbocycles. The van der Waals surface area contributed by atoms with Gasteiger partial charge in [-0.05, 0) is 104 Å². The highest BCUT2D eigenvalue weighted by Gasteiger charge is 2.59. The molecule has 166 valence electrons. The number of carbonyl (C=O) groups is 1. The topological polar surface area (TPSA) is 37.3 Å². The van der Waals surface area contributed by atoms with Crippen molar-refractivity contribution < 1.29 is 18.7 Å². The monoisotopic (exact) mass is 436 g/mol. The van der Waals surface area contributed by atoms with Gasteiger partial charge in [0.2, 0.25) is 0 Å². The van der Waals surface area contributed by atoms with E-state index in [4.69, 9.17) is 0 Å². The average molecular weight is 437 g/mol. The van der Waals surface area contributed by atoms with Crippen molar-refractivity contribution in [3.05, 3.63) is 22.4 Å². The number of Topliss-reactive ketones (excluding diaryl/α,β-unsaturated/α-hetero) is 1. The van der Waals surface area contributed by atoms with Crippen molar-refractivity contribution in [3.8, 4) is 0 Å². The Bertz CT molecular complexity index is 780. The molecule has 2 nitrogen and oxygen atoms in total. The summed E-state index contributed by atoms with van der Waals surface area (Å²) in [4.78, 5) is 14.4. The van der Waals surface area contributed by atoms with Crippen LogP contribution in [0, 0.1) is 40.9 Å². The summed E-state index contributed by atoms with van der Waals surface area (Å²) in [5.74, 6) is 3.20. The van der Waals surface area contributed by atoms with Crippen LogP contribution in [0.3, 0.4) is 0 Å². The number of carbonyl (C=O) groups excluding carboxylic acids is 1. The van der Waals surface area contributed by atoms with E-state index in [9.17, 15) is 18.7 Å². The lowest BCUT2D eigenvalue weighted by molar-refractivity contribution is -0.160. The summed E-state index contributed by atoms with van der Waals surface area (Å²) in [5, 5.41) is 12.4. The number of thiophene rings is 1. The van der Waals surface area contributed by atoms with Crippen LogP contribution in [-0.4, -0.2) is 22.9 Å². The smallest absolute Gasteiger partial charge is 0.266 e. The first-order valence-electron chi connectivity index (χ1n) is 11.9. The van der Waals surface area contributed by atoms with Crippen molar-refractivity contribution in [2.24, 2.45) is 40.9 Å². The second-order valence-electron chi connectivity index (χ2n) is 11.0. The Labute approximate surface area is 182 Å². The van der Waals surface area contributed by atoms with Gasteiger partial charge in [0.25, 0.3) is 6.43 Å². The van der Waals surface area contributed by atoms with Gasteiger partial charge in [-0.25, -0.2) is 8.78 Å². The first-order chi connectivity index (χ1) is 14.3. The summed E-state index contributed by atoms with van der Waals surface area (Å²) >= 11 is 1.68. The van der Waals surface area contributed by atoms with E-state index in [2.05, 4.69) is 13.0 Å². The Balaban J connectivity index is 1.30. The van der Waals surface area contributed by atoms with Crippen molar-refractivity contribution in [2.45, 2.75) is 83.2 Å². The number of halogens is 2. The molecule has 5 rings (SSSR count). The Morgan fingerprint density at radius 3 is 2.67 bits per heavy atom. The number of alkyl halides is 2. The van der Waals surface area contributed by atoms with Crippen LogP contribution in [0.15, 0.2) is 17.5 Å². The van der Waals surface area contributed by atoms with Gasteiger partial charge in [0.05, 0.1) is 0 Å². The maximum atomic E-state index is 13.4. The quantitative estimate of drug-likeness (QED) is 0.617. The van der Waals surface area contributed by atoms with E-state index < -0.39 is 12.0 Å². The lowest BCUT2D eigenvalue weighted by Gasteiger charge is -2.57. The predicted molar refractivity (Wildman–Crippen MR) is 115 cm³/mol. The fourth-order valence-electron chi connectivity index (χ4n) is 8.34. The van der Waals surface area contributed by atoms with Crippen LogP contribution < -0.4 is 0 Å². The summed E-state index contributed by atoms with van der Waals surface area (Å²) in [5.41, 5.74) is -1.65. The molecule has 4 saturated carbocycles. The number of hydrogen-bond acceptors (Lipinski definition) is 3. The SMILES string of the molecule is C[C@]12CC[C@H]3[C@@H](CC[C@H]4C[C@@](O)(C(F)F)CC[C@@H]43)[C@@H]1CC[C@@H]2C(=O)Cc1cccs1. The highest BCUT2D eigenvalue weighted by atomic mass is 32.1. The van der Waals surface area contributed by atoms with Gasteiger partial charge >= 0.3 is 0 Å². The fraction of sp³-hybridized carbons (Fsp3) is 0.800. The van der Waals surface area contributed by atoms with Gasteiger partial charge in [0, 0.05) is 17.2 Å². The van der Waals surface area contributed by atoms with Crippen molar-refractivity contribution >= 4 is 17.1 Å². The minimum Gasteiger partial charge on any atom is -0.384 e. The zero-order valence-electron chi connectivity index (χ0n) is 17.9. The Kier molecular flexibility index (Phi) is 5.37. The highest BCUT2D eigenvalue weighted by molar-refractivity contribution is 7.10. The Morgan fingerprint density at radius 2 is 1.93 bits per heavy atom. The molecule has 0 spiro atoms. The molecular weight excluding hydrogens is 402 g/mol. The molecule has 0 bridgehead atoms. The van der Waals surface area contributed by atoms with Crippen molar-refractivity contribution in [1.82, 2.24) is 0 Å². The van der Waals surface area contributed by atoms with E-state index in [1.807, 2.05) is 11.4 Å². The van der Waals surface area contributed by atoms with Gasteiger partial charge < -0.3 is 5.11 Å². The van der Waals surface area contributed by atoms with Crippen LogP contribution in [0.25, 0.3) is 0 Å². The zero-order valence-corrected chi connectivity index (χ0v) is 18.7. The maximum Gasteiger partial charge on any atom is 0.266 e. The van der Waals surface area contributed by atoms with Crippen LogP contribution in [0.1, 0.15) is 69.6 Å². The lowest BCUT2D eigenvalue weighted by atomic mass is 9.49. The normalized spacial score (nSPS) is 45.6. The molecule has 4 aliphatic rings. The van der Waals surface area contributed by atoms with E-state index >= 15 is 0 Å². The standard InChI is InChI=1S/C25H34F2O2S/c1-24-10-8-18-17-9-11-25(29,23(26)27)14-15(17)4-5-19(18)20(24)6-7-21(24)22(28)13-16-3-2-12-30-16/h2-3,12,15,17-21,23,29H,4-11,13-14H2,1H3/t15-,17-,18+,19+,20-,21+,24-,25+/m0/s1. The van der Waals surface area contributed by atoms with Gasteiger partial charge in [-0.1, -0.05) is 13.0 Å². The minimum atomic E-state index is -2.63. The Hall–Kier alpha value is -0.810. The molecular formula is C25H34F2O2S. The maximum absolute atomic E-state index is 13.4. The third-order valence-corrected chi connectivity index (χ3v) is 10.6. The van der Waals surface area contributed by atoms with Crippen LogP contribution in [-0.2, 0) is 11.2 Å². The van der Waals surface area contributed by atoms with Crippen molar-refractivity contribution in [1.29, 1.82) is 0 Å². The molecule has 30 heavy (non-hydrogen) atoms. The van der Waals surface area contributed by atoms with E-state index in [0.717, 1.165) is 44.9 Å². The summed E-state index contributed by atoms with van der Waals surface area (Å²) in [6, 6.07) is 4.09. The largest absolute Gasteiger partial charge is 0.384 e. The second-order valence-corrected chi connectivity index (χ2v) is 12.0. The molecule has 5 heteroatoms.